The van der Waals surface area contributed by atoms with Crippen molar-refractivity contribution < 1.29 is 4.79 Å². The number of ketones is 1. The van der Waals surface area contributed by atoms with Crippen LogP contribution in [0.5, 0.6) is 0 Å². The molecule has 2 heteroatoms. The van der Waals surface area contributed by atoms with Crippen LogP contribution < -0.4 is 5.73 Å². The SMILES string of the molecule is CCC(=O)c1ccc(C)cc1N. The fourth-order valence-corrected chi connectivity index (χ4v) is 1.13. The lowest BCUT2D eigenvalue weighted by Gasteiger charge is -2.03. The van der Waals surface area contributed by atoms with Gasteiger partial charge in [-0.3, -0.25) is 4.79 Å². The predicted octanol–water partition coefficient (Wildman–Crippen LogP) is 2.17. The Kier molecular flexibility index (Phi) is 2.48. The van der Waals surface area contributed by atoms with Crippen molar-refractivity contribution in [1.29, 1.82) is 0 Å². The van der Waals surface area contributed by atoms with Crippen molar-refractivity contribution in [2.75, 3.05) is 5.73 Å². The summed E-state index contributed by atoms with van der Waals surface area (Å²) in [6, 6.07) is 5.51. The van der Waals surface area contributed by atoms with Gasteiger partial charge in [-0.1, -0.05) is 13.0 Å². The molecule has 0 saturated carbocycles. The maximum Gasteiger partial charge on any atom is 0.164 e. The van der Waals surface area contributed by atoms with Crippen molar-refractivity contribution in [3.8, 4) is 0 Å². The molecule has 2 N–H and O–H groups in total. The quantitative estimate of drug-likeness (QED) is 0.536. The Bertz CT molecular complexity index is 305. The van der Waals surface area contributed by atoms with Gasteiger partial charge in [0.25, 0.3) is 0 Å². The van der Waals surface area contributed by atoms with Gasteiger partial charge in [-0.05, 0) is 24.6 Å². The molecule has 2 nitrogen and oxygen atoms in total. The molecule has 64 valence electrons. The Balaban J connectivity index is 3.09. The van der Waals surface area contributed by atoms with E-state index in [0.29, 0.717) is 17.7 Å². The molecule has 0 aliphatic rings. The molecule has 0 spiro atoms. The van der Waals surface area contributed by atoms with Gasteiger partial charge >= 0.3 is 0 Å². The summed E-state index contributed by atoms with van der Waals surface area (Å²) in [7, 11) is 0. The van der Waals surface area contributed by atoms with E-state index in [2.05, 4.69) is 0 Å². The predicted molar refractivity (Wildman–Crippen MR) is 50.2 cm³/mol. The van der Waals surface area contributed by atoms with Gasteiger partial charge in [0.1, 0.15) is 0 Å². The number of hydrogen-bond acceptors (Lipinski definition) is 2. The molecule has 0 saturated heterocycles. The minimum atomic E-state index is 0.104. The monoisotopic (exact) mass is 163 g/mol. The zero-order valence-electron chi connectivity index (χ0n) is 7.42. The first kappa shape index (κ1) is 8.78. The second-order valence-electron chi connectivity index (χ2n) is 2.87. The minimum Gasteiger partial charge on any atom is -0.398 e. The maximum atomic E-state index is 11.3. The second kappa shape index (κ2) is 3.39. The number of carbonyl (C=O) groups is 1. The van der Waals surface area contributed by atoms with E-state index in [1.54, 1.807) is 6.07 Å². The molecule has 1 rings (SSSR count). The Morgan fingerprint density at radius 2 is 2.17 bits per heavy atom. The lowest BCUT2D eigenvalue weighted by molar-refractivity contribution is 0.0989. The molecule has 0 aliphatic carbocycles. The first-order valence-corrected chi connectivity index (χ1v) is 4.04. The Morgan fingerprint density at radius 1 is 1.50 bits per heavy atom. The van der Waals surface area contributed by atoms with E-state index in [4.69, 9.17) is 5.73 Å². The lowest BCUT2D eigenvalue weighted by Crippen LogP contribution is -2.02. The van der Waals surface area contributed by atoms with Gasteiger partial charge in [0.05, 0.1) is 0 Å². The van der Waals surface area contributed by atoms with Crippen molar-refractivity contribution in [1.82, 2.24) is 0 Å². The summed E-state index contributed by atoms with van der Waals surface area (Å²) < 4.78 is 0. The topological polar surface area (TPSA) is 43.1 Å². The third-order valence-corrected chi connectivity index (χ3v) is 1.83. The standard InChI is InChI=1S/C10H13NO/c1-3-10(12)8-5-4-7(2)6-9(8)11/h4-6H,3,11H2,1-2H3. The van der Waals surface area contributed by atoms with Gasteiger partial charge in [0, 0.05) is 17.7 Å². The van der Waals surface area contributed by atoms with E-state index in [-0.39, 0.29) is 5.78 Å². The van der Waals surface area contributed by atoms with Crippen LogP contribution in [0.2, 0.25) is 0 Å². The van der Waals surface area contributed by atoms with Crippen LogP contribution in [0.3, 0.4) is 0 Å². The van der Waals surface area contributed by atoms with E-state index in [1.807, 2.05) is 26.0 Å². The third kappa shape index (κ3) is 1.64. The van der Waals surface area contributed by atoms with E-state index in [9.17, 15) is 4.79 Å². The summed E-state index contributed by atoms with van der Waals surface area (Å²) in [5.74, 6) is 0.104. The molecular weight excluding hydrogens is 150 g/mol. The molecule has 0 bridgehead atoms. The Morgan fingerprint density at radius 3 is 2.67 bits per heavy atom. The highest BCUT2D eigenvalue weighted by atomic mass is 16.1. The van der Waals surface area contributed by atoms with Crippen molar-refractivity contribution in [2.45, 2.75) is 20.3 Å². The highest BCUT2D eigenvalue weighted by molar-refractivity contribution is 6.00. The zero-order chi connectivity index (χ0) is 9.14. The average molecular weight is 163 g/mol. The van der Waals surface area contributed by atoms with E-state index >= 15 is 0 Å². The summed E-state index contributed by atoms with van der Waals surface area (Å²) >= 11 is 0. The Hall–Kier alpha value is -1.31. The van der Waals surface area contributed by atoms with Gasteiger partial charge < -0.3 is 5.73 Å². The first-order chi connectivity index (χ1) is 5.65. The van der Waals surface area contributed by atoms with Crippen molar-refractivity contribution in [2.24, 2.45) is 0 Å². The van der Waals surface area contributed by atoms with Gasteiger partial charge in [-0.25, -0.2) is 0 Å². The van der Waals surface area contributed by atoms with E-state index in [1.165, 1.54) is 0 Å². The van der Waals surface area contributed by atoms with Crippen LogP contribution in [0, 0.1) is 6.92 Å². The number of Topliss-reactive ketones (excluding diaryl/α,β-unsaturated/α-hetero) is 1. The molecule has 0 heterocycles. The van der Waals surface area contributed by atoms with Crippen LogP contribution in [0.4, 0.5) is 5.69 Å². The zero-order valence-corrected chi connectivity index (χ0v) is 7.42. The number of rotatable bonds is 2. The smallest absolute Gasteiger partial charge is 0.164 e. The van der Waals surface area contributed by atoms with Crippen LogP contribution in [-0.4, -0.2) is 5.78 Å². The van der Waals surface area contributed by atoms with E-state index in [0.717, 1.165) is 5.56 Å². The molecular formula is C10H13NO. The number of benzene rings is 1. The summed E-state index contributed by atoms with van der Waals surface area (Å²) in [6.45, 7) is 3.79. The van der Waals surface area contributed by atoms with E-state index < -0.39 is 0 Å². The molecule has 0 aliphatic heterocycles. The molecule has 0 aromatic heterocycles. The van der Waals surface area contributed by atoms with Crippen molar-refractivity contribution in [3.05, 3.63) is 29.3 Å². The molecule has 12 heavy (non-hydrogen) atoms. The molecule has 0 radical (unpaired) electrons. The van der Waals surface area contributed by atoms with Crippen LogP contribution >= 0.6 is 0 Å². The van der Waals surface area contributed by atoms with Crippen LogP contribution in [0.1, 0.15) is 29.3 Å². The van der Waals surface area contributed by atoms with Crippen LogP contribution in [0.15, 0.2) is 18.2 Å². The number of aryl methyl sites for hydroxylation is 1. The van der Waals surface area contributed by atoms with Gasteiger partial charge in [-0.2, -0.15) is 0 Å². The fourth-order valence-electron chi connectivity index (χ4n) is 1.13. The molecule has 1 aromatic carbocycles. The summed E-state index contributed by atoms with van der Waals surface area (Å²) in [5, 5.41) is 0. The van der Waals surface area contributed by atoms with Crippen LogP contribution in [0.25, 0.3) is 0 Å². The van der Waals surface area contributed by atoms with Gasteiger partial charge in [-0.15, -0.1) is 0 Å². The highest BCUT2D eigenvalue weighted by Gasteiger charge is 2.06. The lowest BCUT2D eigenvalue weighted by atomic mass is 10.0. The third-order valence-electron chi connectivity index (χ3n) is 1.83. The summed E-state index contributed by atoms with van der Waals surface area (Å²) in [6.07, 6.45) is 0.507. The molecule has 0 amide bonds. The summed E-state index contributed by atoms with van der Waals surface area (Å²) in [4.78, 5) is 11.3. The number of anilines is 1. The molecule has 0 unspecified atom stereocenters. The summed E-state index contributed by atoms with van der Waals surface area (Å²) in [5.41, 5.74) is 7.99. The molecule has 0 atom stereocenters. The maximum absolute atomic E-state index is 11.3. The second-order valence-corrected chi connectivity index (χ2v) is 2.87. The molecule has 0 fully saturated rings. The largest absolute Gasteiger partial charge is 0.398 e. The minimum absolute atomic E-state index is 0.104. The first-order valence-electron chi connectivity index (χ1n) is 4.04. The number of nitrogen functional groups attached to an aromatic ring is 1. The number of carbonyl (C=O) groups excluding carboxylic acids is 1. The average Bonchev–Trinajstić information content (AvgIpc) is 2.03. The number of hydrogen-bond donors (Lipinski definition) is 1. The number of nitrogens with two attached hydrogens (primary N) is 1. The Labute approximate surface area is 72.4 Å². The molecule has 1 aromatic rings. The fraction of sp³-hybridized carbons (Fsp3) is 0.300. The highest BCUT2D eigenvalue weighted by Crippen LogP contribution is 2.15. The van der Waals surface area contributed by atoms with Crippen molar-refractivity contribution >= 4 is 11.5 Å². The van der Waals surface area contributed by atoms with Gasteiger partial charge in [0.2, 0.25) is 0 Å². The van der Waals surface area contributed by atoms with Crippen LogP contribution in [-0.2, 0) is 0 Å². The van der Waals surface area contributed by atoms with Crippen molar-refractivity contribution in [3.63, 3.8) is 0 Å². The normalized spacial score (nSPS) is 9.83. The van der Waals surface area contributed by atoms with Gasteiger partial charge in [0.15, 0.2) is 5.78 Å².